The first-order valence-electron chi connectivity index (χ1n) is 7.64. The highest BCUT2D eigenvalue weighted by Gasteiger charge is 2.13. The Labute approximate surface area is 143 Å². The number of hydrogen-bond donors (Lipinski definition) is 1. The van der Waals surface area contributed by atoms with E-state index in [-0.39, 0.29) is 5.91 Å². The second-order valence-electron chi connectivity index (χ2n) is 6.01. The van der Waals surface area contributed by atoms with E-state index in [0.717, 1.165) is 11.9 Å². The van der Waals surface area contributed by atoms with Crippen LogP contribution in [0.15, 0.2) is 48.5 Å². The fourth-order valence-corrected chi connectivity index (χ4v) is 2.67. The van der Waals surface area contributed by atoms with Crippen LogP contribution in [0.5, 0.6) is 0 Å². The molecule has 0 unspecified atom stereocenters. The van der Waals surface area contributed by atoms with E-state index in [1.165, 1.54) is 16.9 Å². The van der Waals surface area contributed by atoms with Crippen molar-refractivity contribution in [2.75, 3.05) is 22.9 Å². The first-order valence-corrected chi connectivity index (χ1v) is 9.48. The quantitative estimate of drug-likeness (QED) is 0.901. The lowest BCUT2D eigenvalue weighted by Crippen LogP contribution is -2.24. The van der Waals surface area contributed by atoms with Crippen molar-refractivity contribution in [2.45, 2.75) is 19.8 Å². The van der Waals surface area contributed by atoms with Crippen LogP contribution in [0.3, 0.4) is 0 Å². The Morgan fingerprint density at radius 3 is 2.00 bits per heavy atom. The van der Waals surface area contributed by atoms with E-state index < -0.39 is 10.0 Å². The molecule has 0 atom stereocenters. The first-order chi connectivity index (χ1) is 11.2. The van der Waals surface area contributed by atoms with Crippen LogP contribution in [-0.2, 0) is 10.0 Å². The van der Waals surface area contributed by atoms with Crippen molar-refractivity contribution in [1.82, 2.24) is 0 Å². The van der Waals surface area contributed by atoms with Gasteiger partial charge in [-0.25, -0.2) is 8.42 Å². The number of rotatable bonds is 5. The van der Waals surface area contributed by atoms with Crippen LogP contribution >= 0.6 is 0 Å². The summed E-state index contributed by atoms with van der Waals surface area (Å²) in [6.07, 6.45) is 1.13. The maximum Gasteiger partial charge on any atom is 0.255 e. The van der Waals surface area contributed by atoms with Gasteiger partial charge in [-0.2, -0.15) is 0 Å². The lowest BCUT2D eigenvalue weighted by atomic mass is 10.0. The van der Waals surface area contributed by atoms with Crippen molar-refractivity contribution < 1.29 is 13.2 Å². The van der Waals surface area contributed by atoms with Crippen molar-refractivity contribution in [3.05, 3.63) is 59.7 Å². The molecule has 0 aliphatic rings. The Bertz CT molecular complexity index is 810. The summed E-state index contributed by atoms with van der Waals surface area (Å²) in [6, 6.07) is 14.2. The van der Waals surface area contributed by atoms with E-state index in [9.17, 15) is 13.2 Å². The van der Waals surface area contributed by atoms with E-state index >= 15 is 0 Å². The van der Waals surface area contributed by atoms with Gasteiger partial charge in [-0.05, 0) is 47.9 Å². The molecule has 0 bridgehead atoms. The maximum atomic E-state index is 12.3. The van der Waals surface area contributed by atoms with E-state index in [1.54, 1.807) is 24.3 Å². The molecule has 2 rings (SSSR count). The number of carbonyl (C=O) groups is 1. The Morgan fingerprint density at radius 1 is 1.00 bits per heavy atom. The zero-order chi connectivity index (χ0) is 17.9. The smallest absolute Gasteiger partial charge is 0.255 e. The highest BCUT2D eigenvalue weighted by Crippen LogP contribution is 2.19. The van der Waals surface area contributed by atoms with Gasteiger partial charge in [0.2, 0.25) is 10.0 Å². The first kappa shape index (κ1) is 18.0. The number of nitrogens with zero attached hydrogens (tertiary/aromatic N) is 1. The van der Waals surface area contributed by atoms with Crippen molar-refractivity contribution in [2.24, 2.45) is 0 Å². The number of sulfonamides is 1. The highest BCUT2D eigenvalue weighted by atomic mass is 32.2. The molecular weight excluding hydrogens is 324 g/mol. The fraction of sp³-hybridized carbons (Fsp3) is 0.278. The lowest BCUT2D eigenvalue weighted by Gasteiger charge is -2.16. The number of anilines is 2. The van der Waals surface area contributed by atoms with Gasteiger partial charge in [0.15, 0.2) is 0 Å². The van der Waals surface area contributed by atoms with Gasteiger partial charge < -0.3 is 5.32 Å². The predicted molar refractivity (Wildman–Crippen MR) is 98.2 cm³/mol. The van der Waals surface area contributed by atoms with Gasteiger partial charge in [0.25, 0.3) is 5.91 Å². The minimum absolute atomic E-state index is 0.235. The summed E-state index contributed by atoms with van der Waals surface area (Å²) in [5, 5.41) is 2.83. The molecule has 0 saturated carbocycles. The Balaban J connectivity index is 2.10. The Hall–Kier alpha value is -2.34. The summed E-state index contributed by atoms with van der Waals surface area (Å²) in [5.41, 5.74) is 2.91. The zero-order valence-corrected chi connectivity index (χ0v) is 15.1. The van der Waals surface area contributed by atoms with Crippen LogP contribution < -0.4 is 9.62 Å². The van der Waals surface area contributed by atoms with Gasteiger partial charge in [0, 0.05) is 18.3 Å². The summed E-state index contributed by atoms with van der Waals surface area (Å²) >= 11 is 0. The van der Waals surface area contributed by atoms with Crippen molar-refractivity contribution >= 4 is 27.3 Å². The topological polar surface area (TPSA) is 66.5 Å². The zero-order valence-electron chi connectivity index (χ0n) is 14.3. The summed E-state index contributed by atoms with van der Waals surface area (Å²) in [5.74, 6) is 0.204. The van der Waals surface area contributed by atoms with Gasteiger partial charge in [0.05, 0.1) is 11.9 Å². The molecule has 5 nitrogen and oxygen atoms in total. The fourth-order valence-electron chi connectivity index (χ4n) is 2.17. The van der Waals surface area contributed by atoms with Gasteiger partial charge >= 0.3 is 0 Å². The molecule has 6 heteroatoms. The van der Waals surface area contributed by atoms with E-state index in [4.69, 9.17) is 0 Å². The number of benzene rings is 2. The summed E-state index contributed by atoms with van der Waals surface area (Å²) in [7, 11) is -1.84. The number of hydrogen-bond acceptors (Lipinski definition) is 3. The second-order valence-corrected chi connectivity index (χ2v) is 8.02. The third kappa shape index (κ3) is 4.35. The molecule has 0 radical (unpaired) electrons. The minimum Gasteiger partial charge on any atom is -0.322 e. The largest absolute Gasteiger partial charge is 0.322 e. The molecule has 0 aliphatic carbocycles. The third-order valence-corrected chi connectivity index (χ3v) is 5.03. The molecule has 0 saturated heterocycles. The lowest BCUT2D eigenvalue weighted by molar-refractivity contribution is 0.102. The van der Waals surface area contributed by atoms with Crippen molar-refractivity contribution in [3.8, 4) is 0 Å². The van der Waals surface area contributed by atoms with Gasteiger partial charge in [-0.3, -0.25) is 9.10 Å². The average molecular weight is 346 g/mol. The molecular formula is C18H22N2O3S. The van der Waals surface area contributed by atoms with E-state index in [0.29, 0.717) is 17.2 Å². The Morgan fingerprint density at radius 2 is 1.54 bits per heavy atom. The average Bonchev–Trinajstić information content (AvgIpc) is 2.54. The van der Waals surface area contributed by atoms with Crippen LogP contribution in [0, 0.1) is 0 Å². The number of carbonyl (C=O) groups excluding carboxylic acids is 1. The minimum atomic E-state index is -3.32. The van der Waals surface area contributed by atoms with Crippen LogP contribution in [-0.4, -0.2) is 27.6 Å². The standard InChI is InChI=1S/C18H22N2O3S/c1-13(2)14-5-9-16(10-6-14)19-18(21)15-7-11-17(12-8-15)20(3)24(4,22)23/h5-13H,1-4H3,(H,19,21). The van der Waals surface area contributed by atoms with Gasteiger partial charge in [0.1, 0.15) is 0 Å². The molecule has 0 fully saturated rings. The molecule has 24 heavy (non-hydrogen) atoms. The monoisotopic (exact) mass is 346 g/mol. The van der Waals surface area contributed by atoms with Gasteiger partial charge in [-0.1, -0.05) is 26.0 Å². The normalized spacial score (nSPS) is 11.4. The van der Waals surface area contributed by atoms with Crippen LogP contribution in [0.4, 0.5) is 11.4 Å². The molecule has 1 N–H and O–H groups in total. The van der Waals surface area contributed by atoms with Gasteiger partial charge in [-0.15, -0.1) is 0 Å². The van der Waals surface area contributed by atoms with Crippen LogP contribution in [0.25, 0.3) is 0 Å². The number of nitrogens with one attached hydrogen (secondary N) is 1. The molecule has 0 aromatic heterocycles. The third-order valence-electron chi connectivity index (χ3n) is 3.83. The molecule has 0 aliphatic heterocycles. The predicted octanol–water partition coefficient (Wildman–Crippen LogP) is 3.46. The van der Waals surface area contributed by atoms with Crippen LogP contribution in [0.2, 0.25) is 0 Å². The molecule has 128 valence electrons. The summed E-state index contributed by atoms with van der Waals surface area (Å²) < 4.78 is 24.2. The number of amides is 1. The van der Waals surface area contributed by atoms with Crippen LogP contribution in [0.1, 0.15) is 35.7 Å². The SMILES string of the molecule is CC(C)c1ccc(NC(=O)c2ccc(N(C)S(C)(=O)=O)cc2)cc1. The molecule has 2 aromatic rings. The maximum absolute atomic E-state index is 12.3. The molecule has 1 amide bonds. The van der Waals surface area contributed by atoms with E-state index in [1.807, 2.05) is 24.3 Å². The molecule has 2 aromatic carbocycles. The molecule has 0 spiro atoms. The Kier molecular flexibility index (Phi) is 5.29. The summed E-state index contributed by atoms with van der Waals surface area (Å²) in [4.78, 5) is 12.3. The second kappa shape index (κ2) is 7.05. The summed E-state index contributed by atoms with van der Waals surface area (Å²) in [6.45, 7) is 4.23. The van der Waals surface area contributed by atoms with Crippen molar-refractivity contribution in [1.29, 1.82) is 0 Å². The van der Waals surface area contributed by atoms with E-state index in [2.05, 4.69) is 19.2 Å². The van der Waals surface area contributed by atoms with Crippen molar-refractivity contribution in [3.63, 3.8) is 0 Å². The highest BCUT2D eigenvalue weighted by molar-refractivity contribution is 7.92. The molecule has 0 heterocycles.